The second kappa shape index (κ2) is 10.2. The van der Waals surface area contributed by atoms with Crippen LogP contribution in [0.15, 0.2) is 0 Å². The van der Waals surface area contributed by atoms with E-state index in [1.807, 2.05) is 13.2 Å². The Morgan fingerprint density at radius 1 is 1.14 bits per heavy atom. The molecule has 14 heavy (non-hydrogen) atoms. The summed E-state index contributed by atoms with van der Waals surface area (Å²) < 4.78 is 4.80. The van der Waals surface area contributed by atoms with E-state index in [-0.39, 0.29) is 5.97 Å². The number of carbonyl (C=O) groups excluding carboxylic acids is 2. The van der Waals surface area contributed by atoms with Gasteiger partial charge in [-0.25, -0.2) is 0 Å². The molecule has 0 saturated heterocycles. The average Bonchev–Trinajstić information content (AvgIpc) is 2.17. The fraction of sp³-hybridized carbons (Fsp3) is 0.818. The highest BCUT2D eigenvalue weighted by Gasteiger charge is 2.00. The normalized spacial score (nSPS) is 9.79. The molecule has 1 radical (unpaired) electrons. The van der Waals surface area contributed by atoms with Gasteiger partial charge < -0.3 is 4.74 Å². The Balaban J connectivity index is 3.05. The molecule has 0 aromatic rings. The van der Waals surface area contributed by atoms with Crippen LogP contribution in [-0.2, 0) is 14.3 Å². The first-order chi connectivity index (χ1) is 6.81. The molecule has 0 aliphatic rings. The molecule has 0 fully saturated rings. The van der Waals surface area contributed by atoms with Crippen LogP contribution in [-0.4, -0.2) is 18.9 Å². The van der Waals surface area contributed by atoms with Gasteiger partial charge in [0.15, 0.2) is 6.29 Å². The molecule has 0 unspecified atom stereocenters. The van der Waals surface area contributed by atoms with E-state index in [1.165, 1.54) is 0 Å². The lowest BCUT2D eigenvalue weighted by atomic mass is 10.1. The topological polar surface area (TPSA) is 43.4 Å². The highest BCUT2D eigenvalue weighted by atomic mass is 16.5. The van der Waals surface area contributed by atoms with E-state index in [0.29, 0.717) is 19.4 Å². The fourth-order valence-electron chi connectivity index (χ4n) is 1.23. The zero-order valence-corrected chi connectivity index (χ0v) is 8.88. The van der Waals surface area contributed by atoms with E-state index in [2.05, 4.69) is 0 Å². The zero-order valence-electron chi connectivity index (χ0n) is 8.88. The molecule has 0 aromatic heterocycles. The highest BCUT2D eigenvalue weighted by molar-refractivity contribution is 5.69. The van der Waals surface area contributed by atoms with Crippen LogP contribution >= 0.6 is 0 Å². The van der Waals surface area contributed by atoms with E-state index < -0.39 is 0 Å². The number of carbonyl (C=O) groups is 1. The summed E-state index contributed by atoms with van der Waals surface area (Å²) in [6, 6.07) is 0. The van der Waals surface area contributed by atoms with E-state index >= 15 is 0 Å². The summed E-state index contributed by atoms with van der Waals surface area (Å²) >= 11 is 0. The summed E-state index contributed by atoms with van der Waals surface area (Å²) in [7, 11) is 0. The molecule has 0 N–H and O–H groups in total. The quantitative estimate of drug-likeness (QED) is 0.423. The monoisotopic (exact) mass is 199 g/mol. The molecule has 0 rings (SSSR count). The van der Waals surface area contributed by atoms with Crippen LogP contribution in [0.25, 0.3) is 0 Å². The molecule has 3 heteroatoms. The SMILES string of the molecule is CCOC(=O)CCCCCCC[C]=O. The van der Waals surface area contributed by atoms with Gasteiger partial charge in [0.25, 0.3) is 0 Å². The van der Waals surface area contributed by atoms with Crippen LogP contribution in [0, 0.1) is 0 Å². The van der Waals surface area contributed by atoms with Gasteiger partial charge >= 0.3 is 5.97 Å². The molecular weight excluding hydrogens is 180 g/mol. The van der Waals surface area contributed by atoms with Crippen LogP contribution in [0.3, 0.4) is 0 Å². The minimum atomic E-state index is -0.103. The molecular formula is C11H19O3. The van der Waals surface area contributed by atoms with Gasteiger partial charge in [0, 0.05) is 12.8 Å². The van der Waals surface area contributed by atoms with Crippen molar-refractivity contribution in [2.75, 3.05) is 6.61 Å². The predicted molar refractivity (Wildman–Crippen MR) is 54.6 cm³/mol. The maximum absolute atomic E-state index is 10.9. The van der Waals surface area contributed by atoms with Crippen molar-refractivity contribution < 1.29 is 14.3 Å². The van der Waals surface area contributed by atoms with Crippen LogP contribution in [0.1, 0.15) is 51.9 Å². The van der Waals surface area contributed by atoms with Crippen molar-refractivity contribution in [3.8, 4) is 0 Å². The molecule has 0 spiro atoms. The molecule has 0 amide bonds. The molecule has 0 atom stereocenters. The third-order valence-electron chi connectivity index (χ3n) is 1.97. The Hall–Kier alpha value is -0.860. The first kappa shape index (κ1) is 13.1. The molecule has 0 bridgehead atoms. The fourth-order valence-corrected chi connectivity index (χ4v) is 1.23. The van der Waals surface area contributed by atoms with Crippen LogP contribution in [0.4, 0.5) is 0 Å². The van der Waals surface area contributed by atoms with Crippen molar-refractivity contribution in [1.29, 1.82) is 0 Å². The van der Waals surface area contributed by atoms with Crippen molar-refractivity contribution in [2.24, 2.45) is 0 Å². The van der Waals surface area contributed by atoms with Gasteiger partial charge in [-0.2, -0.15) is 0 Å². The summed E-state index contributed by atoms with van der Waals surface area (Å²) in [4.78, 5) is 20.8. The van der Waals surface area contributed by atoms with Gasteiger partial charge in [-0.05, 0) is 19.8 Å². The van der Waals surface area contributed by atoms with Gasteiger partial charge in [0.05, 0.1) is 6.61 Å². The number of hydrogen-bond acceptors (Lipinski definition) is 3. The van der Waals surface area contributed by atoms with Crippen LogP contribution < -0.4 is 0 Å². The molecule has 3 nitrogen and oxygen atoms in total. The number of unbranched alkanes of at least 4 members (excludes halogenated alkanes) is 5. The second-order valence-electron chi connectivity index (χ2n) is 3.22. The van der Waals surface area contributed by atoms with E-state index in [0.717, 1.165) is 32.1 Å². The highest BCUT2D eigenvalue weighted by Crippen LogP contribution is 2.06. The van der Waals surface area contributed by atoms with Crippen LogP contribution in [0.5, 0.6) is 0 Å². The Bertz CT molecular complexity index is 155. The minimum Gasteiger partial charge on any atom is -0.466 e. The second-order valence-corrected chi connectivity index (χ2v) is 3.22. The molecule has 0 aliphatic heterocycles. The largest absolute Gasteiger partial charge is 0.466 e. The van der Waals surface area contributed by atoms with Gasteiger partial charge in [-0.3, -0.25) is 9.59 Å². The summed E-state index contributed by atoms with van der Waals surface area (Å²) in [5.74, 6) is -0.103. The summed E-state index contributed by atoms with van der Waals surface area (Å²) in [5.41, 5.74) is 0. The first-order valence-corrected chi connectivity index (χ1v) is 5.32. The lowest BCUT2D eigenvalue weighted by molar-refractivity contribution is -0.143. The van der Waals surface area contributed by atoms with Gasteiger partial charge in [0.1, 0.15) is 0 Å². The summed E-state index contributed by atoms with van der Waals surface area (Å²) in [6.45, 7) is 2.28. The zero-order chi connectivity index (χ0) is 10.6. The third-order valence-corrected chi connectivity index (χ3v) is 1.97. The number of esters is 1. The lowest BCUT2D eigenvalue weighted by Gasteiger charge is -2.01. The third kappa shape index (κ3) is 9.23. The number of ether oxygens (including phenoxy) is 1. The van der Waals surface area contributed by atoms with Crippen molar-refractivity contribution in [1.82, 2.24) is 0 Å². The van der Waals surface area contributed by atoms with Crippen LogP contribution in [0.2, 0.25) is 0 Å². The Morgan fingerprint density at radius 3 is 2.43 bits per heavy atom. The van der Waals surface area contributed by atoms with Crippen molar-refractivity contribution >= 4 is 12.3 Å². The van der Waals surface area contributed by atoms with Gasteiger partial charge in [-0.15, -0.1) is 0 Å². The minimum absolute atomic E-state index is 0.103. The number of rotatable bonds is 9. The molecule has 0 aromatic carbocycles. The smallest absolute Gasteiger partial charge is 0.305 e. The maximum atomic E-state index is 10.9. The summed E-state index contributed by atoms with van der Waals surface area (Å²) in [6.07, 6.45) is 7.92. The maximum Gasteiger partial charge on any atom is 0.305 e. The molecule has 0 aliphatic carbocycles. The van der Waals surface area contributed by atoms with Crippen molar-refractivity contribution in [3.05, 3.63) is 0 Å². The molecule has 0 saturated carbocycles. The lowest BCUT2D eigenvalue weighted by Crippen LogP contribution is -2.03. The number of hydrogen-bond donors (Lipinski definition) is 0. The molecule has 0 heterocycles. The first-order valence-electron chi connectivity index (χ1n) is 5.32. The Morgan fingerprint density at radius 2 is 1.79 bits per heavy atom. The van der Waals surface area contributed by atoms with E-state index in [1.54, 1.807) is 0 Å². The Kier molecular flexibility index (Phi) is 9.59. The standard InChI is InChI=1S/C11H19O3/c1-2-14-11(13)9-7-5-3-4-6-8-10-12/h2-9H2,1H3. The molecule has 81 valence electrons. The Labute approximate surface area is 85.8 Å². The van der Waals surface area contributed by atoms with E-state index in [4.69, 9.17) is 4.74 Å². The predicted octanol–water partition coefficient (Wildman–Crippen LogP) is 2.39. The van der Waals surface area contributed by atoms with Crippen molar-refractivity contribution in [3.63, 3.8) is 0 Å². The van der Waals surface area contributed by atoms with E-state index in [9.17, 15) is 9.59 Å². The van der Waals surface area contributed by atoms with Gasteiger partial charge in [-0.1, -0.05) is 19.3 Å². The average molecular weight is 199 g/mol. The summed E-state index contributed by atoms with van der Waals surface area (Å²) in [5, 5.41) is 0. The van der Waals surface area contributed by atoms with Crippen molar-refractivity contribution in [2.45, 2.75) is 51.9 Å². The van der Waals surface area contributed by atoms with Gasteiger partial charge in [0.2, 0.25) is 0 Å².